The Morgan fingerprint density at radius 1 is 0.637 bits per heavy atom. The van der Waals surface area contributed by atoms with Crippen molar-refractivity contribution in [2.75, 3.05) is 46.4 Å². The van der Waals surface area contributed by atoms with Gasteiger partial charge in [-0.1, -0.05) is 51.5 Å². The van der Waals surface area contributed by atoms with E-state index in [4.69, 9.17) is 33.7 Å². The van der Waals surface area contributed by atoms with Gasteiger partial charge in [0.25, 0.3) is 11.8 Å². The average molecular weight is 1090 g/mol. The molecule has 1 unspecified atom stereocenters. The number of Topliss-reactive ketones (excluding diaryl/α,β-unsaturated/α-hetero) is 1. The summed E-state index contributed by atoms with van der Waals surface area (Å²) >= 11 is 0. The second kappa shape index (κ2) is 25.0. The van der Waals surface area contributed by atoms with Crippen molar-refractivity contribution in [3.8, 4) is 28.7 Å². The topological polar surface area (TPSA) is 224 Å². The number of aliphatic imine (C=N–C) groups is 2. The van der Waals surface area contributed by atoms with E-state index in [9.17, 15) is 33.6 Å². The predicted octanol–water partition coefficient (Wildman–Crippen LogP) is 8.89. The van der Waals surface area contributed by atoms with Gasteiger partial charge in [-0.3, -0.25) is 48.4 Å². The third-order valence-corrected chi connectivity index (χ3v) is 14.9. The molecule has 4 atom stereocenters. The minimum Gasteiger partial charge on any atom is -0.497 e. The Balaban J connectivity index is 0.739. The molecule has 0 bridgehead atoms. The summed E-state index contributed by atoms with van der Waals surface area (Å²) in [4.78, 5) is 105. The zero-order valence-electron chi connectivity index (χ0n) is 46.0. The van der Waals surface area contributed by atoms with E-state index < -0.39 is 12.0 Å². The SMILES string of the molecule is COc1ccc(C2=CN3C(=O)c4cc(OC)c(OCCCOc5cc6c(cc5OC)C(=O)N5C=C(c7ccc(NC(=O)[C@H](C)CC(=O)[C@@H](NC(=O)CCCCCN8C(=O)CCC8=O)C(C)C)cc7)CC5C=N6)cc4N=C[C@@H]3C2)cc1. The van der Waals surface area contributed by atoms with Crippen LogP contribution < -0.4 is 34.3 Å². The van der Waals surface area contributed by atoms with E-state index in [-0.39, 0.29) is 98.1 Å². The van der Waals surface area contributed by atoms with Crippen LogP contribution in [0.4, 0.5) is 17.1 Å². The number of rotatable bonds is 24. The van der Waals surface area contributed by atoms with Crippen molar-refractivity contribution < 1.29 is 57.2 Å². The van der Waals surface area contributed by atoms with Crippen LogP contribution >= 0.6 is 0 Å². The van der Waals surface area contributed by atoms with Gasteiger partial charge < -0.3 is 44.1 Å². The lowest BCUT2D eigenvalue weighted by Crippen LogP contribution is -2.45. The number of methoxy groups -OCH3 is 3. The highest BCUT2D eigenvalue weighted by molar-refractivity contribution is 6.07. The molecule has 19 heteroatoms. The molecule has 5 aliphatic heterocycles. The number of ether oxygens (including phenoxy) is 5. The first kappa shape index (κ1) is 56.1. The molecule has 0 aromatic heterocycles. The van der Waals surface area contributed by atoms with Crippen molar-refractivity contribution in [1.29, 1.82) is 0 Å². The van der Waals surface area contributed by atoms with Crippen LogP contribution in [0.15, 0.2) is 95.2 Å². The molecule has 0 spiro atoms. The number of carbonyl (C=O) groups excluding carboxylic acids is 7. The summed E-state index contributed by atoms with van der Waals surface area (Å²) in [5.74, 6) is -0.0428. The molecule has 0 aliphatic carbocycles. The number of benzene rings is 4. The van der Waals surface area contributed by atoms with Gasteiger partial charge in [0.05, 0.1) is 75.2 Å². The second-order valence-corrected chi connectivity index (χ2v) is 20.8. The number of hydrogen-bond acceptors (Lipinski definition) is 14. The fourth-order valence-electron chi connectivity index (χ4n) is 10.4. The lowest BCUT2D eigenvalue weighted by molar-refractivity contribution is -0.138. The molecule has 4 aromatic rings. The molecule has 418 valence electrons. The molecule has 6 amide bonds. The third-order valence-electron chi connectivity index (χ3n) is 14.9. The number of ketones is 1. The fourth-order valence-corrected chi connectivity index (χ4v) is 10.4. The van der Waals surface area contributed by atoms with Crippen LogP contribution in [0.2, 0.25) is 0 Å². The van der Waals surface area contributed by atoms with E-state index in [1.54, 1.807) is 72.7 Å². The van der Waals surface area contributed by atoms with E-state index in [1.807, 2.05) is 62.6 Å². The highest BCUT2D eigenvalue weighted by atomic mass is 16.5. The van der Waals surface area contributed by atoms with Crippen LogP contribution in [-0.4, -0.2) is 128 Å². The van der Waals surface area contributed by atoms with E-state index in [0.29, 0.717) is 96.3 Å². The van der Waals surface area contributed by atoms with Crippen LogP contribution in [0.5, 0.6) is 28.7 Å². The molecule has 1 saturated heterocycles. The maximum Gasteiger partial charge on any atom is 0.260 e. The highest BCUT2D eigenvalue weighted by Gasteiger charge is 2.36. The minimum absolute atomic E-state index is 0.0623. The summed E-state index contributed by atoms with van der Waals surface area (Å²) in [6, 6.07) is 20.4. The van der Waals surface area contributed by atoms with Crippen molar-refractivity contribution in [1.82, 2.24) is 20.0 Å². The number of nitrogens with one attached hydrogen (secondary N) is 2. The van der Waals surface area contributed by atoms with Crippen molar-refractivity contribution in [2.24, 2.45) is 21.8 Å². The maximum absolute atomic E-state index is 14.1. The first-order valence-corrected chi connectivity index (χ1v) is 27.2. The first-order valence-electron chi connectivity index (χ1n) is 27.2. The smallest absolute Gasteiger partial charge is 0.260 e. The molecule has 1 fully saturated rings. The number of amides is 6. The summed E-state index contributed by atoms with van der Waals surface area (Å²) in [6.45, 7) is 6.23. The Morgan fingerprint density at radius 3 is 1.66 bits per heavy atom. The Kier molecular flexibility index (Phi) is 17.6. The Morgan fingerprint density at radius 2 is 1.16 bits per heavy atom. The molecule has 5 aliphatic rings. The summed E-state index contributed by atoms with van der Waals surface area (Å²) in [7, 11) is 4.66. The van der Waals surface area contributed by atoms with Crippen LogP contribution in [0.25, 0.3) is 11.1 Å². The molecular weight excluding hydrogens is 1020 g/mol. The Bertz CT molecular complexity index is 3170. The number of anilines is 1. The van der Waals surface area contributed by atoms with E-state index >= 15 is 0 Å². The number of fused-ring (bicyclic) bond motifs is 4. The van der Waals surface area contributed by atoms with E-state index in [0.717, 1.165) is 28.0 Å². The van der Waals surface area contributed by atoms with Crippen molar-refractivity contribution in [2.45, 2.75) is 103 Å². The van der Waals surface area contributed by atoms with Crippen molar-refractivity contribution >= 4 is 81.9 Å². The van der Waals surface area contributed by atoms with Crippen LogP contribution in [-0.2, 0) is 24.0 Å². The average Bonchev–Trinajstić information content (AvgIpc) is 4.15. The minimum atomic E-state index is -0.751. The number of imide groups is 1. The molecule has 19 nitrogen and oxygen atoms in total. The third kappa shape index (κ3) is 12.6. The van der Waals surface area contributed by atoms with Crippen molar-refractivity contribution in [3.05, 3.63) is 107 Å². The summed E-state index contributed by atoms with van der Waals surface area (Å²) in [6.07, 6.45) is 11.3. The molecule has 0 radical (unpaired) electrons. The normalized spacial score (nSPS) is 17.9. The standard InChI is InChI=1S/C61H67N7O12/c1-36(2)58(65-55(70)11-8-7-9-22-66-56(71)20-21-57(66)72)50(69)25-37(3)59(73)64-42-16-12-38(13-17-42)40-26-43-32-62-48-30-53(51(77-5)28-46(48)60(74)67(43)34-40)79-23-10-24-80-54-31-49-47(29-52(54)78-6)61(75)68-35-41(27-44(68)33-63-49)39-14-18-45(76-4)19-15-39/h12-19,28-37,43-44,58H,7-11,20-27H2,1-6H3,(H,64,73)(H,65,70)/t37-,43?,44+,58+/m1/s1. The molecular formula is C61H67N7O12. The molecule has 4 aromatic carbocycles. The summed E-state index contributed by atoms with van der Waals surface area (Å²) in [5, 5.41) is 5.76. The number of unbranched alkanes of at least 4 members (excludes halogenated alkanes) is 2. The monoisotopic (exact) mass is 1090 g/mol. The molecule has 2 N–H and O–H groups in total. The number of carbonyl (C=O) groups is 7. The largest absolute Gasteiger partial charge is 0.497 e. The van der Waals surface area contributed by atoms with Crippen LogP contribution in [0.3, 0.4) is 0 Å². The summed E-state index contributed by atoms with van der Waals surface area (Å²) in [5.41, 5.74) is 6.04. The van der Waals surface area contributed by atoms with E-state index in [1.165, 1.54) is 19.1 Å². The first-order chi connectivity index (χ1) is 38.6. The van der Waals surface area contributed by atoms with Gasteiger partial charge in [-0.25, -0.2) is 0 Å². The second-order valence-electron chi connectivity index (χ2n) is 20.8. The zero-order chi connectivity index (χ0) is 56.6. The van der Waals surface area contributed by atoms with Gasteiger partial charge in [0.1, 0.15) is 5.75 Å². The van der Waals surface area contributed by atoms with Gasteiger partial charge >= 0.3 is 0 Å². The van der Waals surface area contributed by atoms with Gasteiger partial charge in [0, 0.05) is 100 Å². The van der Waals surface area contributed by atoms with E-state index in [2.05, 4.69) is 10.6 Å². The van der Waals surface area contributed by atoms with Crippen molar-refractivity contribution in [3.63, 3.8) is 0 Å². The number of likely N-dealkylation sites (tertiary alicyclic amines) is 1. The Labute approximate surface area is 465 Å². The Hall–Kier alpha value is -8.61. The van der Waals surface area contributed by atoms with Crippen LogP contribution in [0.1, 0.15) is 117 Å². The highest BCUT2D eigenvalue weighted by Crippen LogP contribution is 2.42. The van der Waals surface area contributed by atoms with Gasteiger partial charge in [0.2, 0.25) is 23.6 Å². The quantitative estimate of drug-likeness (QED) is 0.0496. The lowest BCUT2D eigenvalue weighted by atomic mass is 9.92. The maximum atomic E-state index is 14.1. The van der Waals surface area contributed by atoms with Gasteiger partial charge in [-0.2, -0.15) is 0 Å². The molecule has 0 saturated carbocycles. The number of nitrogens with zero attached hydrogens (tertiary/aromatic N) is 5. The zero-order valence-corrected chi connectivity index (χ0v) is 46.0. The van der Waals surface area contributed by atoms with Crippen LogP contribution in [0, 0.1) is 11.8 Å². The summed E-state index contributed by atoms with van der Waals surface area (Å²) < 4.78 is 29.0. The lowest BCUT2D eigenvalue weighted by Gasteiger charge is -2.23. The fraction of sp³-hybridized carbons (Fsp3) is 0.393. The predicted molar refractivity (Wildman–Crippen MR) is 301 cm³/mol. The number of hydrogen-bond donors (Lipinski definition) is 2. The molecule has 80 heavy (non-hydrogen) atoms. The molecule has 9 rings (SSSR count). The van der Waals surface area contributed by atoms with Gasteiger partial charge in [0.15, 0.2) is 28.8 Å². The van der Waals surface area contributed by atoms with Gasteiger partial charge in [-0.15, -0.1) is 0 Å². The molecule has 5 heterocycles. The van der Waals surface area contributed by atoms with Gasteiger partial charge in [-0.05, 0) is 77.4 Å².